The highest BCUT2D eigenvalue weighted by molar-refractivity contribution is 6.00. The van der Waals surface area contributed by atoms with Crippen molar-refractivity contribution in [3.8, 4) is 11.5 Å². The van der Waals surface area contributed by atoms with Crippen molar-refractivity contribution in [1.29, 1.82) is 0 Å². The summed E-state index contributed by atoms with van der Waals surface area (Å²) in [6, 6.07) is 4.98. The molecule has 0 N–H and O–H groups in total. The minimum atomic E-state index is -0.608. The van der Waals surface area contributed by atoms with Gasteiger partial charge in [0.2, 0.25) is 5.78 Å². The van der Waals surface area contributed by atoms with Gasteiger partial charge in [0.15, 0.2) is 6.61 Å². The van der Waals surface area contributed by atoms with E-state index in [4.69, 9.17) is 18.9 Å². The molecule has 0 unspecified atom stereocenters. The van der Waals surface area contributed by atoms with Crippen molar-refractivity contribution in [2.75, 3.05) is 34.5 Å². The first kappa shape index (κ1) is 22.5. The van der Waals surface area contributed by atoms with E-state index < -0.39 is 5.97 Å². The van der Waals surface area contributed by atoms with E-state index in [1.807, 2.05) is 26.8 Å². The van der Waals surface area contributed by atoms with Crippen molar-refractivity contribution in [3.05, 3.63) is 46.3 Å². The van der Waals surface area contributed by atoms with Crippen LogP contribution in [0.2, 0.25) is 0 Å². The monoisotopic (exact) mass is 403 g/mol. The van der Waals surface area contributed by atoms with Crippen LogP contribution in [0.5, 0.6) is 11.5 Å². The predicted molar refractivity (Wildman–Crippen MR) is 109 cm³/mol. The number of aromatic nitrogens is 1. The molecular weight excluding hydrogens is 374 g/mol. The second kappa shape index (κ2) is 10.1. The molecule has 1 aromatic carbocycles. The Hall–Kier alpha value is -2.80. The van der Waals surface area contributed by atoms with Crippen LogP contribution in [0.3, 0.4) is 0 Å². The maximum absolute atomic E-state index is 12.6. The van der Waals surface area contributed by atoms with Crippen molar-refractivity contribution >= 4 is 11.8 Å². The Balaban J connectivity index is 2.09. The van der Waals surface area contributed by atoms with Crippen LogP contribution in [-0.4, -0.2) is 50.9 Å². The summed E-state index contributed by atoms with van der Waals surface area (Å²) in [6.45, 7) is 6.76. The third-order valence-corrected chi connectivity index (χ3v) is 4.93. The Morgan fingerprint density at radius 1 is 0.966 bits per heavy atom. The van der Waals surface area contributed by atoms with Gasteiger partial charge in [-0.1, -0.05) is 0 Å². The zero-order chi connectivity index (χ0) is 21.6. The minimum Gasteiger partial charge on any atom is -0.496 e. The number of carbonyl (C=O) groups excluding carboxylic acids is 2. The molecule has 0 aliphatic rings. The van der Waals surface area contributed by atoms with Crippen molar-refractivity contribution in [2.24, 2.45) is 0 Å². The fourth-order valence-electron chi connectivity index (χ4n) is 3.29. The average molecular weight is 403 g/mol. The number of esters is 1. The van der Waals surface area contributed by atoms with Crippen LogP contribution in [-0.2, 0) is 16.0 Å². The number of aryl methyl sites for hydroxylation is 1. The summed E-state index contributed by atoms with van der Waals surface area (Å²) >= 11 is 0. The number of rotatable bonds is 10. The average Bonchev–Trinajstić information content (AvgIpc) is 3.00. The van der Waals surface area contributed by atoms with Gasteiger partial charge in [-0.15, -0.1) is 0 Å². The van der Waals surface area contributed by atoms with Gasteiger partial charge in [0.25, 0.3) is 0 Å². The largest absolute Gasteiger partial charge is 0.496 e. The van der Waals surface area contributed by atoms with Crippen LogP contribution in [0.1, 0.15) is 44.1 Å². The van der Waals surface area contributed by atoms with Crippen LogP contribution >= 0.6 is 0 Å². The van der Waals surface area contributed by atoms with Crippen LogP contribution in [0.4, 0.5) is 0 Å². The summed E-state index contributed by atoms with van der Waals surface area (Å²) in [5.41, 5.74) is 3.46. The molecule has 1 heterocycles. The second-order valence-corrected chi connectivity index (χ2v) is 6.79. The molecule has 0 saturated carbocycles. The molecule has 0 amide bonds. The molecule has 0 spiro atoms. The first-order chi connectivity index (χ1) is 13.8. The Labute approximate surface area is 171 Å². The van der Waals surface area contributed by atoms with E-state index in [2.05, 4.69) is 4.57 Å². The zero-order valence-electron chi connectivity index (χ0n) is 18.0. The van der Waals surface area contributed by atoms with Crippen molar-refractivity contribution < 1.29 is 28.5 Å². The number of hydrogen-bond acceptors (Lipinski definition) is 6. The highest BCUT2D eigenvalue weighted by atomic mass is 16.5. The van der Waals surface area contributed by atoms with Crippen LogP contribution in [0, 0.1) is 20.8 Å². The molecule has 1 aromatic heterocycles. The van der Waals surface area contributed by atoms with Gasteiger partial charge in [-0.05, 0) is 45.4 Å². The molecule has 0 atom stereocenters. The molecule has 0 radical (unpaired) electrons. The maximum Gasteiger partial charge on any atom is 0.338 e. The lowest BCUT2D eigenvalue weighted by Gasteiger charge is -2.12. The Kier molecular flexibility index (Phi) is 7.84. The van der Waals surface area contributed by atoms with Crippen LogP contribution in [0.25, 0.3) is 0 Å². The summed E-state index contributed by atoms with van der Waals surface area (Å²) in [7, 11) is 4.70. The van der Waals surface area contributed by atoms with Crippen molar-refractivity contribution in [3.63, 3.8) is 0 Å². The van der Waals surface area contributed by atoms with Crippen LogP contribution in [0.15, 0.2) is 18.2 Å². The topological polar surface area (TPSA) is 76.0 Å². The van der Waals surface area contributed by atoms with Crippen LogP contribution < -0.4 is 9.47 Å². The lowest BCUT2D eigenvalue weighted by molar-refractivity contribution is 0.0474. The SMILES string of the molecule is COCCCn1c(C)cc(C(=O)COC(=O)c2cc(OC)c(C)c(OC)c2)c1C. The smallest absolute Gasteiger partial charge is 0.338 e. The molecule has 0 bridgehead atoms. The van der Waals surface area contributed by atoms with Gasteiger partial charge in [-0.25, -0.2) is 4.79 Å². The zero-order valence-corrected chi connectivity index (χ0v) is 18.0. The standard InChI is InChI=1S/C22H29NO6/c1-14-10-18(16(3)23(14)8-7-9-26-4)19(24)13-29-22(25)17-11-20(27-5)15(2)21(12-17)28-6/h10-12H,7-9,13H2,1-6H3. The molecule has 7 nitrogen and oxygen atoms in total. The molecule has 2 rings (SSSR count). The van der Waals surface area contributed by atoms with Gasteiger partial charge < -0.3 is 23.5 Å². The summed E-state index contributed by atoms with van der Waals surface area (Å²) in [5.74, 6) is 0.184. The van der Waals surface area contributed by atoms with Gasteiger partial charge in [-0.3, -0.25) is 4.79 Å². The molecule has 2 aromatic rings. The number of benzene rings is 1. The van der Waals surface area contributed by atoms with E-state index in [0.29, 0.717) is 23.7 Å². The first-order valence-corrected chi connectivity index (χ1v) is 9.42. The molecule has 158 valence electrons. The van der Waals surface area contributed by atoms with Gasteiger partial charge in [0, 0.05) is 42.8 Å². The number of methoxy groups -OCH3 is 3. The third-order valence-electron chi connectivity index (χ3n) is 4.93. The third kappa shape index (κ3) is 5.17. The summed E-state index contributed by atoms with van der Waals surface area (Å²) in [6.07, 6.45) is 0.854. The number of Topliss-reactive ketones (excluding diaryl/α,β-unsaturated/α-hetero) is 1. The van der Waals surface area contributed by atoms with E-state index in [-0.39, 0.29) is 18.0 Å². The number of hydrogen-bond donors (Lipinski definition) is 0. The van der Waals surface area contributed by atoms with Crippen molar-refractivity contribution in [2.45, 2.75) is 33.7 Å². The highest BCUT2D eigenvalue weighted by Crippen LogP contribution is 2.29. The molecule has 29 heavy (non-hydrogen) atoms. The fourth-order valence-corrected chi connectivity index (χ4v) is 3.29. The van der Waals surface area contributed by atoms with E-state index in [1.54, 1.807) is 19.2 Å². The fraction of sp³-hybridized carbons (Fsp3) is 0.455. The van der Waals surface area contributed by atoms with Crippen molar-refractivity contribution in [1.82, 2.24) is 4.57 Å². The summed E-state index contributed by atoms with van der Waals surface area (Å²) < 4.78 is 23.0. The summed E-state index contributed by atoms with van der Waals surface area (Å²) in [4.78, 5) is 25.1. The highest BCUT2D eigenvalue weighted by Gasteiger charge is 2.19. The number of ketones is 1. The Bertz CT molecular complexity index is 859. The lowest BCUT2D eigenvalue weighted by Crippen LogP contribution is -2.15. The van der Waals surface area contributed by atoms with Gasteiger partial charge in [0.05, 0.1) is 19.8 Å². The maximum atomic E-state index is 12.6. The minimum absolute atomic E-state index is 0.240. The van der Waals surface area contributed by atoms with E-state index in [0.717, 1.165) is 29.9 Å². The van der Waals surface area contributed by atoms with E-state index in [1.165, 1.54) is 14.2 Å². The molecule has 0 fully saturated rings. The summed E-state index contributed by atoms with van der Waals surface area (Å²) in [5, 5.41) is 0. The molecule has 0 aliphatic carbocycles. The lowest BCUT2D eigenvalue weighted by atomic mass is 10.1. The van der Waals surface area contributed by atoms with Gasteiger partial charge in [-0.2, -0.15) is 0 Å². The second-order valence-electron chi connectivity index (χ2n) is 6.79. The number of nitrogens with zero attached hydrogens (tertiary/aromatic N) is 1. The molecule has 7 heteroatoms. The van der Waals surface area contributed by atoms with Gasteiger partial charge in [0.1, 0.15) is 11.5 Å². The van der Waals surface area contributed by atoms with Gasteiger partial charge >= 0.3 is 5.97 Å². The quantitative estimate of drug-likeness (QED) is 0.343. The number of ether oxygens (including phenoxy) is 4. The molecular formula is C22H29NO6. The van der Waals surface area contributed by atoms with E-state index in [9.17, 15) is 9.59 Å². The van der Waals surface area contributed by atoms with E-state index >= 15 is 0 Å². The Morgan fingerprint density at radius 2 is 1.59 bits per heavy atom. The Morgan fingerprint density at radius 3 is 2.14 bits per heavy atom. The number of carbonyl (C=O) groups is 2. The predicted octanol–water partition coefficient (Wildman–Crippen LogP) is 3.51. The normalized spacial score (nSPS) is 10.7. The molecule has 0 saturated heterocycles. The molecule has 0 aliphatic heterocycles. The first-order valence-electron chi connectivity index (χ1n) is 9.42.